The lowest BCUT2D eigenvalue weighted by molar-refractivity contribution is -0.141. The second kappa shape index (κ2) is 7.91. The molecule has 0 bridgehead atoms. The first-order valence-corrected chi connectivity index (χ1v) is 5.45. The normalized spacial score (nSPS) is 11.4. The van der Waals surface area contributed by atoms with Gasteiger partial charge in [0.05, 0.1) is 6.61 Å². The molecule has 0 amide bonds. The molecule has 0 aliphatic rings. The van der Waals surface area contributed by atoms with E-state index in [0.717, 1.165) is 5.57 Å². The first-order valence-electron chi connectivity index (χ1n) is 5.45. The lowest BCUT2D eigenvalue weighted by Crippen LogP contribution is -2.09. The van der Waals surface area contributed by atoms with E-state index in [1.165, 1.54) is 13.0 Å². The van der Waals surface area contributed by atoms with Gasteiger partial charge in [-0.05, 0) is 24.8 Å². The summed E-state index contributed by atoms with van der Waals surface area (Å²) in [5.41, 5.74) is 0.781. The van der Waals surface area contributed by atoms with Crippen molar-refractivity contribution in [2.24, 2.45) is 5.92 Å². The fourth-order valence-corrected chi connectivity index (χ4v) is 1.23. The van der Waals surface area contributed by atoms with Crippen molar-refractivity contribution < 1.29 is 19.1 Å². The molecule has 0 saturated heterocycles. The van der Waals surface area contributed by atoms with Crippen molar-refractivity contribution >= 4 is 11.9 Å². The van der Waals surface area contributed by atoms with Crippen molar-refractivity contribution in [1.29, 1.82) is 0 Å². The molecule has 0 saturated carbocycles. The van der Waals surface area contributed by atoms with E-state index in [9.17, 15) is 9.59 Å². The molecule has 0 aliphatic carbocycles. The largest absolute Gasteiger partial charge is 0.463 e. The maximum atomic E-state index is 11.2. The molecule has 0 atom stereocenters. The summed E-state index contributed by atoms with van der Waals surface area (Å²) < 4.78 is 9.67. The molecule has 0 spiro atoms. The van der Waals surface area contributed by atoms with Crippen LogP contribution in [0.25, 0.3) is 0 Å². The fourth-order valence-electron chi connectivity index (χ4n) is 1.23. The zero-order valence-corrected chi connectivity index (χ0v) is 10.4. The average Bonchev–Trinajstić information content (AvgIpc) is 2.13. The first kappa shape index (κ1) is 14.7. The standard InChI is InChI=1S/C12H20O4/c1-5-15-12(14)7-11(6-9(2)3)8-16-10(4)13/h7,9H,5-6,8H2,1-4H3/b11-7-. The number of ether oxygens (including phenoxy) is 2. The van der Waals surface area contributed by atoms with Gasteiger partial charge in [-0.15, -0.1) is 0 Å². The van der Waals surface area contributed by atoms with Crippen LogP contribution >= 0.6 is 0 Å². The lowest BCUT2D eigenvalue weighted by atomic mass is 10.0. The van der Waals surface area contributed by atoms with Gasteiger partial charge in [0.1, 0.15) is 6.61 Å². The van der Waals surface area contributed by atoms with E-state index in [2.05, 4.69) is 0 Å². The van der Waals surface area contributed by atoms with Gasteiger partial charge in [0.15, 0.2) is 0 Å². The van der Waals surface area contributed by atoms with Gasteiger partial charge in [0, 0.05) is 13.0 Å². The maximum Gasteiger partial charge on any atom is 0.330 e. The molecule has 4 nitrogen and oxygen atoms in total. The van der Waals surface area contributed by atoms with Crippen LogP contribution in [0.4, 0.5) is 0 Å². The van der Waals surface area contributed by atoms with Crippen molar-refractivity contribution in [1.82, 2.24) is 0 Å². The molecular formula is C12H20O4. The third kappa shape index (κ3) is 8.03. The quantitative estimate of drug-likeness (QED) is 0.516. The Bertz CT molecular complexity index is 266. The number of carbonyl (C=O) groups excluding carboxylic acids is 2. The molecule has 0 aromatic heterocycles. The topological polar surface area (TPSA) is 52.6 Å². The third-order valence-corrected chi connectivity index (χ3v) is 1.74. The molecule has 0 aromatic carbocycles. The Hall–Kier alpha value is -1.32. The fraction of sp³-hybridized carbons (Fsp3) is 0.667. The van der Waals surface area contributed by atoms with Crippen molar-refractivity contribution in [2.75, 3.05) is 13.2 Å². The average molecular weight is 228 g/mol. The Morgan fingerprint density at radius 3 is 2.31 bits per heavy atom. The lowest BCUT2D eigenvalue weighted by Gasteiger charge is -2.10. The monoisotopic (exact) mass is 228 g/mol. The van der Waals surface area contributed by atoms with E-state index in [1.54, 1.807) is 6.92 Å². The summed E-state index contributed by atoms with van der Waals surface area (Å²) in [7, 11) is 0. The molecule has 0 N–H and O–H groups in total. The highest BCUT2D eigenvalue weighted by Gasteiger charge is 2.07. The van der Waals surface area contributed by atoms with E-state index in [0.29, 0.717) is 18.9 Å². The summed E-state index contributed by atoms with van der Waals surface area (Å²) in [6.07, 6.45) is 2.12. The molecular weight excluding hydrogens is 208 g/mol. The minimum atomic E-state index is -0.384. The predicted octanol–water partition coefficient (Wildman–Crippen LogP) is 2.09. The summed E-state index contributed by atoms with van der Waals surface area (Å²) in [6.45, 7) is 7.67. The molecule has 0 aliphatic heterocycles. The molecule has 0 fully saturated rings. The zero-order chi connectivity index (χ0) is 12.6. The summed E-state index contributed by atoms with van der Waals surface area (Å²) in [4.78, 5) is 21.9. The molecule has 16 heavy (non-hydrogen) atoms. The predicted molar refractivity (Wildman–Crippen MR) is 60.8 cm³/mol. The highest BCUT2D eigenvalue weighted by Crippen LogP contribution is 2.11. The van der Waals surface area contributed by atoms with Gasteiger partial charge in [0.25, 0.3) is 0 Å². The Kier molecular flexibility index (Phi) is 7.25. The Balaban J connectivity index is 4.39. The second-order valence-electron chi connectivity index (χ2n) is 3.93. The Morgan fingerprint density at radius 1 is 1.25 bits per heavy atom. The number of hydrogen-bond acceptors (Lipinski definition) is 4. The van der Waals surface area contributed by atoms with Crippen LogP contribution in [-0.4, -0.2) is 25.2 Å². The van der Waals surface area contributed by atoms with Gasteiger partial charge in [-0.1, -0.05) is 13.8 Å². The van der Waals surface area contributed by atoms with Crippen molar-refractivity contribution in [3.63, 3.8) is 0 Å². The molecule has 0 rings (SSSR count). The van der Waals surface area contributed by atoms with Crippen LogP contribution in [0.2, 0.25) is 0 Å². The first-order chi connectivity index (χ1) is 7.45. The zero-order valence-electron chi connectivity index (χ0n) is 10.4. The van der Waals surface area contributed by atoms with Crippen LogP contribution in [0.3, 0.4) is 0 Å². The van der Waals surface area contributed by atoms with Gasteiger partial charge >= 0.3 is 11.9 Å². The summed E-state index contributed by atoms with van der Waals surface area (Å²) in [6, 6.07) is 0. The molecule has 0 aromatic rings. The summed E-state index contributed by atoms with van der Waals surface area (Å²) >= 11 is 0. The van der Waals surface area contributed by atoms with Crippen LogP contribution in [0.5, 0.6) is 0 Å². The van der Waals surface area contributed by atoms with Crippen LogP contribution in [-0.2, 0) is 19.1 Å². The SMILES string of the molecule is CCOC(=O)/C=C(\COC(C)=O)CC(C)C. The molecule has 4 heteroatoms. The highest BCUT2D eigenvalue weighted by atomic mass is 16.5. The number of rotatable bonds is 6. The summed E-state index contributed by atoms with van der Waals surface area (Å²) in [5, 5.41) is 0. The van der Waals surface area contributed by atoms with Crippen LogP contribution in [0, 0.1) is 5.92 Å². The maximum absolute atomic E-state index is 11.2. The van der Waals surface area contributed by atoms with Gasteiger partial charge in [-0.3, -0.25) is 4.79 Å². The van der Waals surface area contributed by atoms with Gasteiger partial charge in [-0.2, -0.15) is 0 Å². The minimum absolute atomic E-state index is 0.159. The van der Waals surface area contributed by atoms with Crippen LogP contribution in [0.15, 0.2) is 11.6 Å². The third-order valence-electron chi connectivity index (χ3n) is 1.74. The van der Waals surface area contributed by atoms with Crippen LogP contribution < -0.4 is 0 Å². The van der Waals surface area contributed by atoms with Gasteiger partial charge in [-0.25, -0.2) is 4.79 Å². The van der Waals surface area contributed by atoms with E-state index < -0.39 is 0 Å². The Labute approximate surface area is 96.6 Å². The molecule has 0 radical (unpaired) electrons. The summed E-state index contributed by atoms with van der Waals surface area (Å²) in [5.74, 6) is -0.333. The number of esters is 2. The smallest absolute Gasteiger partial charge is 0.330 e. The van der Waals surface area contributed by atoms with Crippen molar-refractivity contribution in [3.8, 4) is 0 Å². The molecule has 0 heterocycles. The molecule has 0 unspecified atom stereocenters. The minimum Gasteiger partial charge on any atom is -0.463 e. The Morgan fingerprint density at radius 2 is 1.88 bits per heavy atom. The van der Waals surface area contributed by atoms with Gasteiger partial charge in [0.2, 0.25) is 0 Å². The highest BCUT2D eigenvalue weighted by molar-refractivity contribution is 5.82. The van der Waals surface area contributed by atoms with Crippen molar-refractivity contribution in [2.45, 2.75) is 34.1 Å². The second-order valence-corrected chi connectivity index (χ2v) is 3.93. The van der Waals surface area contributed by atoms with E-state index in [1.807, 2.05) is 13.8 Å². The van der Waals surface area contributed by atoms with Gasteiger partial charge < -0.3 is 9.47 Å². The number of carbonyl (C=O) groups is 2. The van der Waals surface area contributed by atoms with E-state index in [4.69, 9.17) is 9.47 Å². The van der Waals surface area contributed by atoms with Crippen LogP contribution in [0.1, 0.15) is 34.1 Å². The van der Waals surface area contributed by atoms with E-state index >= 15 is 0 Å². The van der Waals surface area contributed by atoms with Crippen molar-refractivity contribution in [3.05, 3.63) is 11.6 Å². The molecule has 92 valence electrons. The number of hydrogen-bond donors (Lipinski definition) is 0. The van der Waals surface area contributed by atoms with E-state index in [-0.39, 0.29) is 18.5 Å².